The second kappa shape index (κ2) is 11.9. The first-order valence-corrected chi connectivity index (χ1v) is 18.0. The molecule has 3 aromatic carbocycles. The first kappa shape index (κ1) is 33.1. The molecule has 270 valence electrons. The molecule has 0 radical (unpaired) electrons. The second-order valence-corrected chi connectivity index (χ2v) is 15.4. The number of aromatic hydroxyl groups is 1. The fourth-order valence-electron chi connectivity index (χ4n) is 8.71. The van der Waals surface area contributed by atoms with Gasteiger partial charge in [-0.05, 0) is 91.1 Å². The van der Waals surface area contributed by atoms with Crippen LogP contribution in [0.3, 0.4) is 0 Å². The third-order valence-electron chi connectivity index (χ3n) is 11.6. The van der Waals surface area contributed by atoms with Crippen molar-refractivity contribution in [3.8, 4) is 22.9 Å². The van der Waals surface area contributed by atoms with E-state index in [4.69, 9.17) is 14.5 Å². The van der Waals surface area contributed by atoms with Crippen molar-refractivity contribution in [3.63, 3.8) is 0 Å². The summed E-state index contributed by atoms with van der Waals surface area (Å²) in [7, 11) is 0. The van der Waals surface area contributed by atoms with Gasteiger partial charge in [0.25, 0.3) is 0 Å². The summed E-state index contributed by atoms with van der Waals surface area (Å²) in [4.78, 5) is 13.5. The van der Waals surface area contributed by atoms with E-state index >= 15 is 22.0 Å². The van der Waals surface area contributed by atoms with E-state index in [-0.39, 0.29) is 74.5 Å². The Kier molecular flexibility index (Phi) is 7.69. The van der Waals surface area contributed by atoms with E-state index < -0.39 is 28.9 Å². The quantitative estimate of drug-likeness (QED) is 0.190. The number of piperazine rings is 1. The molecule has 8 nitrogen and oxygen atoms in total. The van der Waals surface area contributed by atoms with Crippen LogP contribution in [0.15, 0.2) is 30.3 Å². The van der Waals surface area contributed by atoms with E-state index in [2.05, 4.69) is 15.2 Å². The molecule has 2 bridgehead atoms. The number of morpholine rings is 1. The van der Waals surface area contributed by atoms with Gasteiger partial charge in [-0.25, -0.2) is 8.78 Å². The van der Waals surface area contributed by atoms with Crippen LogP contribution in [-0.4, -0.2) is 83.6 Å². The highest BCUT2D eigenvalue weighted by Gasteiger charge is 2.51. The van der Waals surface area contributed by atoms with E-state index in [9.17, 15) is 5.11 Å². The van der Waals surface area contributed by atoms with Gasteiger partial charge in [0.1, 0.15) is 22.9 Å². The van der Waals surface area contributed by atoms with Crippen molar-refractivity contribution < 1.29 is 36.5 Å². The summed E-state index contributed by atoms with van der Waals surface area (Å²) >= 11 is 0. The van der Waals surface area contributed by atoms with Crippen LogP contribution in [0.1, 0.15) is 56.6 Å². The zero-order valence-electron chi connectivity index (χ0n) is 28.4. The number of halogens is 5. The predicted octanol–water partition coefficient (Wildman–Crippen LogP) is 6.98. The third kappa shape index (κ3) is 5.94. The predicted molar refractivity (Wildman–Crippen MR) is 182 cm³/mol. The van der Waals surface area contributed by atoms with Gasteiger partial charge in [-0.2, -0.15) is 23.1 Å². The van der Waals surface area contributed by atoms with Gasteiger partial charge in [0.05, 0.1) is 24.4 Å². The first-order valence-electron chi connectivity index (χ1n) is 18.0. The molecule has 5 fully saturated rings. The fraction of sp³-hybridized carbons (Fsp3) is 0.526. The molecule has 0 amide bonds. The average Bonchev–Trinajstić information content (AvgIpc) is 4.01. The molecule has 1 aromatic heterocycles. The second-order valence-electron chi connectivity index (χ2n) is 15.4. The zero-order chi connectivity index (χ0) is 35.3. The van der Waals surface area contributed by atoms with Crippen LogP contribution in [-0.2, 0) is 17.3 Å². The number of nitrogens with zero attached hydrogens (tertiary/aromatic N) is 4. The van der Waals surface area contributed by atoms with Gasteiger partial charge >= 0.3 is 12.2 Å². The maximum atomic E-state index is 17.2. The lowest BCUT2D eigenvalue weighted by molar-refractivity contribution is -0.137. The van der Waals surface area contributed by atoms with Gasteiger partial charge in [0, 0.05) is 61.2 Å². The highest BCUT2D eigenvalue weighted by Crippen LogP contribution is 2.50. The lowest BCUT2D eigenvalue weighted by Gasteiger charge is -2.35. The molecule has 3 saturated heterocycles. The van der Waals surface area contributed by atoms with Crippen LogP contribution in [0.5, 0.6) is 11.8 Å². The molecule has 9 rings (SSSR count). The number of nitrogens with one attached hydrogen (secondary N) is 1. The van der Waals surface area contributed by atoms with Crippen molar-refractivity contribution >= 4 is 27.5 Å². The van der Waals surface area contributed by atoms with Crippen LogP contribution in [0.2, 0.25) is 0 Å². The summed E-state index contributed by atoms with van der Waals surface area (Å²) in [5.41, 5.74) is -2.63. The van der Waals surface area contributed by atoms with Crippen LogP contribution in [0.25, 0.3) is 32.8 Å². The lowest BCUT2D eigenvalue weighted by atomic mass is 9.89. The number of phenols is 1. The summed E-state index contributed by atoms with van der Waals surface area (Å²) in [5, 5.41) is 14.5. The molecule has 2 atom stereocenters. The molecular weight excluding hydrogens is 669 g/mol. The number of alkyl halides is 3. The molecule has 3 aliphatic heterocycles. The molecule has 4 heterocycles. The van der Waals surface area contributed by atoms with E-state index in [1.807, 2.05) is 4.90 Å². The highest BCUT2D eigenvalue weighted by atomic mass is 19.4. The Morgan fingerprint density at radius 1 is 1.04 bits per heavy atom. The number of aryl methyl sites for hydroxylation is 1. The summed E-state index contributed by atoms with van der Waals surface area (Å²) in [6, 6.07) is 6.05. The number of ether oxygens (including phenoxy) is 2. The van der Waals surface area contributed by atoms with Crippen LogP contribution in [0.4, 0.5) is 27.8 Å². The van der Waals surface area contributed by atoms with Gasteiger partial charge in [-0.1, -0.05) is 13.0 Å². The molecule has 2 aliphatic carbocycles. The van der Waals surface area contributed by atoms with Gasteiger partial charge < -0.3 is 24.8 Å². The molecule has 2 N–H and O–H groups in total. The summed E-state index contributed by atoms with van der Waals surface area (Å²) in [6.45, 7) is 6.21. The number of hydrogen-bond donors (Lipinski definition) is 2. The van der Waals surface area contributed by atoms with Crippen molar-refractivity contribution in [2.24, 2.45) is 5.41 Å². The van der Waals surface area contributed by atoms with Crippen LogP contribution >= 0.6 is 0 Å². The van der Waals surface area contributed by atoms with E-state index in [1.54, 1.807) is 6.92 Å². The first-order chi connectivity index (χ1) is 24.4. The topological polar surface area (TPSA) is 83.0 Å². The van der Waals surface area contributed by atoms with Gasteiger partial charge in [-0.3, -0.25) is 4.90 Å². The van der Waals surface area contributed by atoms with Crippen molar-refractivity contribution in [2.45, 2.75) is 75.7 Å². The molecule has 13 heteroatoms. The zero-order valence-corrected chi connectivity index (χ0v) is 28.4. The molecular formula is C38H40F5N5O3. The van der Waals surface area contributed by atoms with Crippen LogP contribution < -0.4 is 15.0 Å². The molecule has 5 aliphatic rings. The number of fused-ring (bicyclic) bond motifs is 4. The number of benzene rings is 3. The lowest BCUT2D eigenvalue weighted by Crippen LogP contribution is -2.51. The molecule has 4 aromatic rings. The Morgan fingerprint density at radius 3 is 2.49 bits per heavy atom. The summed E-state index contributed by atoms with van der Waals surface area (Å²) < 4.78 is 89.9. The number of anilines is 1. The molecule has 2 unspecified atom stereocenters. The Morgan fingerprint density at radius 2 is 1.80 bits per heavy atom. The maximum absolute atomic E-state index is 17.2. The van der Waals surface area contributed by atoms with Gasteiger partial charge in [0.2, 0.25) is 0 Å². The SMILES string of the molecule is CCc1c(F)ccc2cc(O)cc(-c3c(C(F)(F)F)cc4c(N5CC6CCC(C5)N6)nc(OCC5(CN6CCOC7(CC7)C6)CC5)nc4c3F)c12. The molecule has 1 spiro atoms. The Labute approximate surface area is 291 Å². The van der Waals surface area contributed by atoms with Crippen molar-refractivity contribution in [2.75, 3.05) is 50.8 Å². The Hall–Kier alpha value is -3.81. The van der Waals surface area contributed by atoms with E-state index in [0.29, 0.717) is 31.7 Å². The standard InChI is InChI=1S/C38H40F5N5O3/c1-2-25-29(39)6-3-21-13-24(49)14-26(30(21)25)31-28(38(41,42)43)15-27-33(32(31)40)45-35(46-34(27)48-16-22-4-5-23(17-48)44-22)50-20-36(7-8-36)18-47-11-12-51-37(19-47)9-10-37/h3,6,13-15,22-23,44,49H,2,4-5,7-12,16-20H2,1H3. The van der Waals surface area contributed by atoms with Crippen molar-refractivity contribution in [3.05, 3.63) is 53.1 Å². The average molecular weight is 710 g/mol. The summed E-state index contributed by atoms with van der Waals surface area (Å²) in [5.74, 6) is -2.03. The monoisotopic (exact) mass is 709 g/mol. The van der Waals surface area contributed by atoms with Gasteiger partial charge in [0.15, 0.2) is 5.82 Å². The van der Waals surface area contributed by atoms with Crippen LogP contribution in [0, 0.1) is 17.0 Å². The normalized spacial score (nSPS) is 23.8. The van der Waals surface area contributed by atoms with E-state index in [1.165, 1.54) is 18.2 Å². The minimum absolute atomic E-state index is 0.0106. The molecule has 2 saturated carbocycles. The number of hydrogen-bond acceptors (Lipinski definition) is 8. The largest absolute Gasteiger partial charge is 0.508 e. The summed E-state index contributed by atoms with van der Waals surface area (Å²) in [6.07, 6.45) is 1.03. The Bertz CT molecular complexity index is 2040. The molecule has 51 heavy (non-hydrogen) atoms. The minimum Gasteiger partial charge on any atom is -0.508 e. The van der Waals surface area contributed by atoms with E-state index in [0.717, 1.165) is 70.3 Å². The fourth-order valence-corrected chi connectivity index (χ4v) is 8.71. The number of phenolic OH excluding ortho intramolecular Hbond substituents is 1. The van der Waals surface area contributed by atoms with Crippen molar-refractivity contribution in [1.82, 2.24) is 20.2 Å². The van der Waals surface area contributed by atoms with Gasteiger partial charge in [-0.15, -0.1) is 0 Å². The maximum Gasteiger partial charge on any atom is 0.417 e. The third-order valence-corrected chi connectivity index (χ3v) is 11.6. The minimum atomic E-state index is -5.01. The smallest absolute Gasteiger partial charge is 0.417 e. The highest BCUT2D eigenvalue weighted by molar-refractivity contribution is 6.04. The van der Waals surface area contributed by atoms with Crippen molar-refractivity contribution in [1.29, 1.82) is 0 Å². The number of rotatable bonds is 8. The number of aromatic nitrogens is 2. The Balaban J connectivity index is 1.18.